The topological polar surface area (TPSA) is 50.8 Å². The van der Waals surface area contributed by atoms with Crippen molar-refractivity contribution in [2.24, 2.45) is 0 Å². The number of aromatic nitrogens is 3. The molecular weight excluding hydrogens is 214 g/mol. The first-order valence-corrected chi connectivity index (χ1v) is 5.87. The van der Waals surface area contributed by atoms with Crippen LogP contribution in [0.2, 0.25) is 0 Å². The highest BCUT2D eigenvalue weighted by molar-refractivity contribution is 5.27. The smallest absolute Gasteiger partial charge is 0.150 e. The number of hydrogen-bond acceptors (Lipinski definition) is 3. The van der Waals surface area contributed by atoms with Crippen molar-refractivity contribution in [2.75, 3.05) is 6.61 Å². The standard InChI is InChI=1S/C13H17N3O/c1-3-12-14-13(16-15-12)7-8-17-11-6-4-5-10(2)9-11/h4-6,9H,3,7-8H2,1-2H3,(H,14,15,16). The molecule has 0 amide bonds. The van der Waals surface area contributed by atoms with E-state index in [1.165, 1.54) is 5.56 Å². The molecule has 0 fully saturated rings. The van der Waals surface area contributed by atoms with Crippen LogP contribution in [0.15, 0.2) is 24.3 Å². The number of H-pyrrole nitrogens is 1. The van der Waals surface area contributed by atoms with Gasteiger partial charge in [-0.2, -0.15) is 5.10 Å². The number of hydrogen-bond donors (Lipinski definition) is 1. The average molecular weight is 231 g/mol. The summed E-state index contributed by atoms with van der Waals surface area (Å²) in [6.45, 7) is 4.70. The summed E-state index contributed by atoms with van der Waals surface area (Å²) in [5.74, 6) is 2.64. The molecule has 0 spiro atoms. The molecular formula is C13H17N3O. The van der Waals surface area contributed by atoms with E-state index in [4.69, 9.17) is 4.74 Å². The lowest BCUT2D eigenvalue weighted by atomic mass is 10.2. The Morgan fingerprint density at radius 2 is 2.24 bits per heavy atom. The molecule has 2 aromatic rings. The predicted octanol–water partition coefficient (Wildman–Crippen LogP) is 2.30. The summed E-state index contributed by atoms with van der Waals surface area (Å²) in [5.41, 5.74) is 1.20. The van der Waals surface area contributed by atoms with Gasteiger partial charge in [0.1, 0.15) is 17.4 Å². The van der Waals surface area contributed by atoms with E-state index in [1.807, 2.05) is 25.1 Å². The zero-order chi connectivity index (χ0) is 12.1. The van der Waals surface area contributed by atoms with Crippen LogP contribution in [0.3, 0.4) is 0 Å². The first kappa shape index (κ1) is 11.6. The number of aryl methyl sites for hydroxylation is 2. The second kappa shape index (κ2) is 5.48. The maximum absolute atomic E-state index is 5.65. The van der Waals surface area contributed by atoms with Gasteiger partial charge >= 0.3 is 0 Å². The summed E-state index contributed by atoms with van der Waals surface area (Å²) in [5, 5.41) is 7.00. The highest BCUT2D eigenvalue weighted by Gasteiger charge is 2.01. The SMILES string of the molecule is CCc1n[nH]c(CCOc2cccc(C)c2)n1. The Labute approximate surface area is 101 Å². The third-order valence-electron chi connectivity index (χ3n) is 2.49. The maximum atomic E-state index is 5.65. The number of ether oxygens (including phenoxy) is 1. The van der Waals surface area contributed by atoms with E-state index in [1.54, 1.807) is 0 Å². The summed E-state index contributed by atoms with van der Waals surface area (Å²) < 4.78 is 5.65. The quantitative estimate of drug-likeness (QED) is 0.859. The Balaban J connectivity index is 1.83. The zero-order valence-electron chi connectivity index (χ0n) is 10.2. The van der Waals surface area contributed by atoms with Gasteiger partial charge in [-0.25, -0.2) is 4.98 Å². The predicted molar refractivity (Wildman–Crippen MR) is 66.1 cm³/mol. The van der Waals surface area contributed by atoms with Crippen molar-refractivity contribution in [3.8, 4) is 5.75 Å². The molecule has 0 aliphatic heterocycles. The van der Waals surface area contributed by atoms with Crippen molar-refractivity contribution in [2.45, 2.75) is 26.7 Å². The first-order valence-electron chi connectivity index (χ1n) is 5.87. The Kier molecular flexibility index (Phi) is 3.75. The fourth-order valence-electron chi connectivity index (χ4n) is 1.58. The van der Waals surface area contributed by atoms with E-state index < -0.39 is 0 Å². The molecule has 0 saturated heterocycles. The number of nitrogens with zero attached hydrogens (tertiary/aromatic N) is 2. The third kappa shape index (κ3) is 3.31. The lowest BCUT2D eigenvalue weighted by molar-refractivity contribution is 0.319. The maximum Gasteiger partial charge on any atom is 0.150 e. The summed E-state index contributed by atoms with van der Waals surface area (Å²) in [4.78, 5) is 4.33. The molecule has 0 radical (unpaired) electrons. The van der Waals surface area contributed by atoms with Gasteiger partial charge in [-0.1, -0.05) is 19.1 Å². The van der Waals surface area contributed by atoms with Gasteiger partial charge in [0, 0.05) is 12.8 Å². The van der Waals surface area contributed by atoms with Gasteiger partial charge in [-0.05, 0) is 24.6 Å². The van der Waals surface area contributed by atoms with Crippen LogP contribution in [0, 0.1) is 6.92 Å². The molecule has 90 valence electrons. The van der Waals surface area contributed by atoms with Gasteiger partial charge < -0.3 is 4.74 Å². The summed E-state index contributed by atoms with van der Waals surface area (Å²) in [6.07, 6.45) is 1.61. The second-order valence-electron chi connectivity index (χ2n) is 3.97. The van der Waals surface area contributed by atoms with Crippen LogP contribution in [0.4, 0.5) is 0 Å². The largest absolute Gasteiger partial charge is 0.493 e. The van der Waals surface area contributed by atoms with Crippen LogP contribution < -0.4 is 4.74 Å². The number of aromatic amines is 1. The number of nitrogens with one attached hydrogen (secondary N) is 1. The Bertz CT molecular complexity index is 479. The molecule has 1 aromatic heterocycles. The van der Waals surface area contributed by atoms with E-state index >= 15 is 0 Å². The fraction of sp³-hybridized carbons (Fsp3) is 0.385. The molecule has 0 bridgehead atoms. The molecule has 0 saturated carbocycles. The van der Waals surface area contributed by atoms with Crippen molar-refractivity contribution in [1.29, 1.82) is 0 Å². The van der Waals surface area contributed by atoms with Gasteiger partial charge in [-0.15, -0.1) is 0 Å². The number of rotatable bonds is 5. The Morgan fingerprint density at radius 1 is 1.35 bits per heavy atom. The van der Waals surface area contributed by atoms with Crippen LogP contribution in [0.25, 0.3) is 0 Å². The minimum atomic E-state index is 0.613. The van der Waals surface area contributed by atoms with Gasteiger partial charge in [0.25, 0.3) is 0 Å². The molecule has 1 aromatic carbocycles. The van der Waals surface area contributed by atoms with Crippen LogP contribution >= 0.6 is 0 Å². The highest BCUT2D eigenvalue weighted by atomic mass is 16.5. The van der Waals surface area contributed by atoms with Crippen molar-refractivity contribution in [1.82, 2.24) is 15.2 Å². The van der Waals surface area contributed by atoms with E-state index in [-0.39, 0.29) is 0 Å². The van der Waals surface area contributed by atoms with Gasteiger partial charge in [0.15, 0.2) is 0 Å². The zero-order valence-corrected chi connectivity index (χ0v) is 10.2. The Morgan fingerprint density at radius 3 is 2.94 bits per heavy atom. The molecule has 1 N–H and O–H groups in total. The molecule has 0 unspecified atom stereocenters. The molecule has 0 aliphatic rings. The Hall–Kier alpha value is -1.84. The van der Waals surface area contributed by atoms with E-state index in [2.05, 4.69) is 28.2 Å². The first-order chi connectivity index (χ1) is 8.28. The molecule has 4 heteroatoms. The van der Waals surface area contributed by atoms with Crippen molar-refractivity contribution in [3.05, 3.63) is 41.5 Å². The van der Waals surface area contributed by atoms with Gasteiger partial charge in [-0.3, -0.25) is 5.10 Å². The van der Waals surface area contributed by atoms with Crippen molar-refractivity contribution < 1.29 is 4.74 Å². The normalized spacial score (nSPS) is 10.5. The van der Waals surface area contributed by atoms with Crippen LogP contribution in [-0.2, 0) is 12.8 Å². The average Bonchev–Trinajstić information content (AvgIpc) is 2.77. The molecule has 2 rings (SSSR count). The molecule has 0 aliphatic carbocycles. The summed E-state index contributed by atoms with van der Waals surface area (Å²) in [6, 6.07) is 8.04. The van der Waals surface area contributed by atoms with Gasteiger partial charge in [0.05, 0.1) is 6.61 Å². The third-order valence-corrected chi connectivity index (χ3v) is 2.49. The van der Waals surface area contributed by atoms with Crippen LogP contribution in [0.5, 0.6) is 5.75 Å². The van der Waals surface area contributed by atoms with Crippen molar-refractivity contribution in [3.63, 3.8) is 0 Å². The molecule has 4 nitrogen and oxygen atoms in total. The minimum Gasteiger partial charge on any atom is -0.493 e. The lowest BCUT2D eigenvalue weighted by Gasteiger charge is -2.05. The van der Waals surface area contributed by atoms with Crippen LogP contribution in [-0.4, -0.2) is 21.8 Å². The van der Waals surface area contributed by atoms with E-state index in [0.717, 1.165) is 30.2 Å². The highest BCUT2D eigenvalue weighted by Crippen LogP contribution is 2.12. The van der Waals surface area contributed by atoms with E-state index in [0.29, 0.717) is 6.61 Å². The second-order valence-corrected chi connectivity index (χ2v) is 3.97. The lowest BCUT2D eigenvalue weighted by Crippen LogP contribution is -2.03. The molecule has 1 heterocycles. The van der Waals surface area contributed by atoms with E-state index in [9.17, 15) is 0 Å². The molecule has 17 heavy (non-hydrogen) atoms. The minimum absolute atomic E-state index is 0.613. The van der Waals surface area contributed by atoms with Crippen molar-refractivity contribution >= 4 is 0 Å². The number of benzene rings is 1. The van der Waals surface area contributed by atoms with Gasteiger partial charge in [0.2, 0.25) is 0 Å². The monoisotopic (exact) mass is 231 g/mol. The fourth-order valence-corrected chi connectivity index (χ4v) is 1.58. The van der Waals surface area contributed by atoms with Crippen LogP contribution in [0.1, 0.15) is 24.1 Å². The summed E-state index contributed by atoms with van der Waals surface area (Å²) in [7, 11) is 0. The molecule has 0 atom stereocenters. The summed E-state index contributed by atoms with van der Waals surface area (Å²) >= 11 is 0.